The first-order valence-corrected chi connectivity index (χ1v) is 11.2. The van der Waals surface area contributed by atoms with E-state index < -0.39 is 11.1 Å². The van der Waals surface area contributed by atoms with Gasteiger partial charge in [0.25, 0.3) is 0 Å². The fraction of sp³-hybridized carbons (Fsp3) is 0.160. The third kappa shape index (κ3) is 5.23. The van der Waals surface area contributed by atoms with Gasteiger partial charge in [-0.2, -0.15) is 0 Å². The lowest BCUT2D eigenvalue weighted by Crippen LogP contribution is -2.15. The van der Waals surface area contributed by atoms with Crippen LogP contribution in [0.2, 0.25) is 0 Å². The van der Waals surface area contributed by atoms with Gasteiger partial charge < -0.3 is 9.47 Å². The molecular formula is C25H22FN3O3S. The number of ether oxygens (including phenoxy) is 2. The Morgan fingerprint density at radius 1 is 1.00 bits per heavy atom. The van der Waals surface area contributed by atoms with Crippen molar-refractivity contribution in [1.82, 2.24) is 14.8 Å². The van der Waals surface area contributed by atoms with Crippen LogP contribution in [0.1, 0.15) is 23.1 Å². The van der Waals surface area contributed by atoms with Crippen LogP contribution in [0.4, 0.5) is 4.39 Å². The van der Waals surface area contributed by atoms with Crippen molar-refractivity contribution < 1.29 is 18.7 Å². The van der Waals surface area contributed by atoms with Crippen molar-refractivity contribution in [3.05, 3.63) is 96.1 Å². The Kier molecular flexibility index (Phi) is 7.04. The van der Waals surface area contributed by atoms with Crippen LogP contribution < -0.4 is 9.47 Å². The third-order valence-corrected chi connectivity index (χ3v) is 5.98. The summed E-state index contributed by atoms with van der Waals surface area (Å²) in [7, 11) is 1.58. The maximum Gasteiger partial charge on any atom is 0.196 e. The molecule has 33 heavy (non-hydrogen) atoms. The Morgan fingerprint density at radius 2 is 1.70 bits per heavy atom. The number of nitrogens with zero attached hydrogens (tertiary/aromatic N) is 3. The number of carbonyl (C=O) groups is 1. The van der Waals surface area contributed by atoms with Crippen molar-refractivity contribution in [1.29, 1.82) is 0 Å². The van der Waals surface area contributed by atoms with Gasteiger partial charge in [-0.05, 0) is 55.5 Å². The van der Waals surface area contributed by atoms with Crippen molar-refractivity contribution in [2.24, 2.45) is 0 Å². The molecule has 1 aromatic heterocycles. The average molecular weight is 464 g/mol. The Labute approximate surface area is 195 Å². The highest BCUT2D eigenvalue weighted by Crippen LogP contribution is 2.28. The molecule has 0 aliphatic rings. The zero-order valence-corrected chi connectivity index (χ0v) is 19.0. The zero-order valence-electron chi connectivity index (χ0n) is 18.1. The molecule has 6 nitrogen and oxygen atoms in total. The lowest BCUT2D eigenvalue weighted by atomic mass is 10.1. The number of halogens is 1. The topological polar surface area (TPSA) is 66.2 Å². The SMILES string of the molecule is COc1ccc(C(=O)C(C)Sc2nnc(COc3ccccc3F)n2-c2ccccc2)cc1. The van der Waals surface area contributed by atoms with Gasteiger partial charge in [0.2, 0.25) is 0 Å². The predicted octanol–water partition coefficient (Wildman–Crippen LogP) is 5.36. The summed E-state index contributed by atoms with van der Waals surface area (Å²) in [6.45, 7) is 1.85. The maximum atomic E-state index is 14.0. The number of benzene rings is 3. The van der Waals surface area contributed by atoms with Crippen LogP contribution in [0.25, 0.3) is 5.69 Å². The van der Waals surface area contributed by atoms with E-state index in [9.17, 15) is 9.18 Å². The number of methoxy groups -OCH3 is 1. The number of Topliss-reactive ketones (excluding diaryl/α,β-unsaturated/α-hetero) is 1. The second-order valence-electron chi connectivity index (χ2n) is 7.14. The van der Waals surface area contributed by atoms with Gasteiger partial charge in [0.05, 0.1) is 12.4 Å². The summed E-state index contributed by atoms with van der Waals surface area (Å²) in [6, 6.07) is 22.7. The average Bonchev–Trinajstić information content (AvgIpc) is 3.25. The summed E-state index contributed by atoms with van der Waals surface area (Å²) in [6.07, 6.45) is 0. The summed E-state index contributed by atoms with van der Waals surface area (Å²) in [5.41, 5.74) is 1.41. The van der Waals surface area contributed by atoms with Crippen LogP contribution in [0, 0.1) is 5.82 Å². The summed E-state index contributed by atoms with van der Waals surface area (Å²) < 4.78 is 26.6. The lowest BCUT2D eigenvalue weighted by Gasteiger charge is -2.14. The quantitative estimate of drug-likeness (QED) is 0.246. The fourth-order valence-corrected chi connectivity index (χ4v) is 4.18. The molecule has 0 aliphatic carbocycles. The molecule has 0 saturated carbocycles. The van der Waals surface area contributed by atoms with Gasteiger partial charge in [-0.15, -0.1) is 10.2 Å². The van der Waals surface area contributed by atoms with Crippen molar-refractivity contribution in [2.75, 3.05) is 7.11 Å². The second kappa shape index (κ2) is 10.3. The van der Waals surface area contributed by atoms with E-state index in [2.05, 4.69) is 10.2 Å². The third-order valence-electron chi connectivity index (χ3n) is 4.93. The standard InChI is InChI=1S/C25H22FN3O3S/c1-17(24(30)18-12-14-20(31-2)15-13-18)33-25-28-27-23(29(25)19-8-4-3-5-9-19)16-32-22-11-7-6-10-21(22)26/h3-15,17H,16H2,1-2H3. The molecule has 1 atom stereocenters. The molecule has 4 aromatic rings. The highest BCUT2D eigenvalue weighted by atomic mass is 32.2. The molecule has 0 bridgehead atoms. The monoisotopic (exact) mass is 463 g/mol. The molecule has 0 aliphatic heterocycles. The fourth-order valence-electron chi connectivity index (χ4n) is 3.21. The van der Waals surface area contributed by atoms with Crippen LogP contribution in [0.15, 0.2) is 84.0 Å². The van der Waals surface area contributed by atoms with E-state index in [0.29, 0.717) is 22.3 Å². The van der Waals surface area contributed by atoms with Crippen molar-refractivity contribution >= 4 is 17.5 Å². The Balaban J connectivity index is 1.58. The normalized spacial score (nSPS) is 11.7. The summed E-state index contributed by atoms with van der Waals surface area (Å²) >= 11 is 1.30. The minimum atomic E-state index is -0.448. The number of thioether (sulfide) groups is 1. The van der Waals surface area contributed by atoms with E-state index in [0.717, 1.165) is 5.69 Å². The molecule has 0 spiro atoms. The van der Waals surface area contributed by atoms with Crippen molar-refractivity contribution in [3.63, 3.8) is 0 Å². The highest BCUT2D eigenvalue weighted by molar-refractivity contribution is 8.00. The molecule has 0 amide bonds. The van der Waals surface area contributed by atoms with Gasteiger partial charge in [-0.25, -0.2) is 4.39 Å². The van der Waals surface area contributed by atoms with E-state index in [1.807, 2.05) is 41.8 Å². The molecule has 0 fully saturated rings. The van der Waals surface area contributed by atoms with Crippen LogP contribution in [-0.2, 0) is 6.61 Å². The number of hydrogen-bond donors (Lipinski definition) is 0. The van der Waals surface area contributed by atoms with Crippen LogP contribution in [0.3, 0.4) is 0 Å². The largest absolute Gasteiger partial charge is 0.497 e. The molecule has 1 heterocycles. The number of carbonyl (C=O) groups excluding carboxylic acids is 1. The predicted molar refractivity (Wildman–Crippen MR) is 125 cm³/mol. The molecule has 0 saturated heterocycles. The molecule has 0 radical (unpaired) electrons. The first-order valence-electron chi connectivity index (χ1n) is 10.3. The van der Waals surface area contributed by atoms with Gasteiger partial charge in [0, 0.05) is 11.3 Å². The minimum absolute atomic E-state index is 0.0181. The first-order chi connectivity index (χ1) is 16.1. The van der Waals surface area contributed by atoms with E-state index in [-0.39, 0.29) is 18.1 Å². The van der Waals surface area contributed by atoms with E-state index >= 15 is 0 Å². The lowest BCUT2D eigenvalue weighted by molar-refractivity contribution is 0.0994. The van der Waals surface area contributed by atoms with Gasteiger partial charge >= 0.3 is 0 Å². The molecule has 168 valence electrons. The van der Waals surface area contributed by atoms with E-state index in [1.54, 1.807) is 49.6 Å². The van der Waals surface area contributed by atoms with E-state index in [1.165, 1.54) is 17.8 Å². The van der Waals surface area contributed by atoms with Crippen molar-refractivity contribution in [2.45, 2.75) is 23.9 Å². The number of ketones is 1. The molecule has 0 N–H and O–H groups in total. The Morgan fingerprint density at radius 3 is 2.39 bits per heavy atom. The summed E-state index contributed by atoms with van der Waals surface area (Å²) in [4.78, 5) is 13.0. The van der Waals surface area contributed by atoms with Gasteiger partial charge in [0.15, 0.2) is 28.3 Å². The van der Waals surface area contributed by atoms with Crippen LogP contribution in [0.5, 0.6) is 11.5 Å². The number of aromatic nitrogens is 3. The molecular weight excluding hydrogens is 441 g/mol. The maximum absolute atomic E-state index is 14.0. The van der Waals surface area contributed by atoms with Gasteiger partial charge in [0.1, 0.15) is 12.4 Å². The second-order valence-corrected chi connectivity index (χ2v) is 8.45. The molecule has 1 unspecified atom stereocenters. The van der Waals surface area contributed by atoms with E-state index in [4.69, 9.17) is 9.47 Å². The Hall–Kier alpha value is -3.65. The first kappa shape index (κ1) is 22.5. The summed E-state index contributed by atoms with van der Waals surface area (Å²) in [5, 5.41) is 8.70. The van der Waals surface area contributed by atoms with Gasteiger partial charge in [-0.3, -0.25) is 9.36 Å². The van der Waals surface area contributed by atoms with Crippen molar-refractivity contribution in [3.8, 4) is 17.2 Å². The number of hydrogen-bond acceptors (Lipinski definition) is 6. The summed E-state index contributed by atoms with van der Waals surface area (Å²) in [5.74, 6) is 0.842. The smallest absolute Gasteiger partial charge is 0.196 e. The molecule has 8 heteroatoms. The number of rotatable bonds is 9. The van der Waals surface area contributed by atoms with Crippen LogP contribution in [-0.4, -0.2) is 32.9 Å². The van der Waals surface area contributed by atoms with Crippen LogP contribution >= 0.6 is 11.8 Å². The Bertz CT molecular complexity index is 1230. The zero-order chi connectivity index (χ0) is 23.2. The minimum Gasteiger partial charge on any atom is -0.497 e. The highest BCUT2D eigenvalue weighted by Gasteiger charge is 2.22. The molecule has 3 aromatic carbocycles. The van der Waals surface area contributed by atoms with Gasteiger partial charge in [-0.1, -0.05) is 42.1 Å². The molecule has 4 rings (SSSR count). The number of para-hydroxylation sites is 2.